The lowest BCUT2D eigenvalue weighted by Crippen LogP contribution is -2.36. The Bertz CT molecular complexity index is 1250. The number of pyridine rings is 2. The summed E-state index contributed by atoms with van der Waals surface area (Å²) in [6, 6.07) is 16.6. The summed E-state index contributed by atoms with van der Waals surface area (Å²) < 4.78 is 0. The number of hydrogen-bond acceptors (Lipinski definition) is 5. The fraction of sp³-hybridized carbons (Fsp3) is 0.240. The van der Waals surface area contributed by atoms with Crippen molar-refractivity contribution in [2.75, 3.05) is 5.32 Å². The highest BCUT2D eigenvalue weighted by Gasteiger charge is 2.47. The topological polar surface area (TPSA) is 108 Å². The minimum Gasteiger partial charge on any atom is -0.348 e. The van der Waals surface area contributed by atoms with Gasteiger partial charge in [-0.1, -0.05) is 25.1 Å². The Labute approximate surface area is 186 Å². The van der Waals surface area contributed by atoms with Gasteiger partial charge < -0.3 is 10.6 Å². The van der Waals surface area contributed by atoms with Gasteiger partial charge in [-0.25, -0.2) is 9.97 Å². The fourth-order valence-electron chi connectivity index (χ4n) is 4.15. The molecule has 3 heterocycles. The smallest absolute Gasteiger partial charge is 0.251 e. The zero-order valence-electron chi connectivity index (χ0n) is 18.1. The number of aryl methyl sites for hydroxylation is 1. The number of rotatable bonds is 5. The molecule has 0 saturated carbocycles. The molecule has 32 heavy (non-hydrogen) atoms. The van der Waals surface area contributed by atoms with E-state index < -0.39 is 5.41 Å². The van der Waals surface area contributed by atoms with Crippen LogP contribution in [0.2, 0.25) is 0 Å². The Morgan fingerprint density at radius 1 is 1.25 bits per heavy atom. The van der Waals surface area contributed by atoms with Crippen LogP contribution < -0.4 is 10.6 Å². The van der Waals surface area contributed by atoms with Crippen LogP contribution in [-0.2, 0) is 16.8 Å². The number of anilines is 1. The lowest BCUT2D eigenvalue weighted by Gasteiger charge is -2.30. The van der Waals surface area contributed by atoms with Crippen molar-refractivity contribution >= 4 is 17.6 Å². The summed E-state index contributed by atoms with van der Waals surface area (Å²) >= 11 is 0. The van der Waals surface area contributed by atoms with Gasteiger partial charge in [0, 0.05) is 29.6 Å². The third-order valence-electron chi connectivity index (χ3n) is 6.19. The molecule has 2 aromatic heterocycles. The first-order valence-corrected chi connectivity index (χ1v) is 10.4. The quantitative estimate of drug-likeness (QED) is 0.649. The highest BCUT2D eigenvalue weighted by atomic mass is 16.2. The molecule has 3 aromatic rings. The molecule has 1 aromatic carbocycles. The first kappa shape index (κ1) is 21.2. The molecule has 1 unspecified atom stereocenters. The molecule has 0 fully saturated rings. The molecule has 0 spiro atoms. The van der Waals surface area contributed by atoms with E-state index in [2.05, 4.69) is 20.6 Å². The summed E-state index contributed by atoms with van der Waals surface area (Å²) in [7, 11) is 0. The number of nitrogens with one attached hydrogen (secondary N) is 2. The molecule has 0 radical (unpaired) electrons. The van der Waals surface area contributed by atoms with Gasteiger partial charge >= 0.3 is 0 Å². The van der Waals surface area contributed by atoms with Crippen LogP contribution in [0.25, 0.3) is 0 Å². The van der Waals surface area contributed by atoms with Crippen LogP contribution in [0, 0.1) is 18.3 Å². The molecule has 2 N–H and O–H groups in total. The fourth-order valence-corrected chi connectivity index (χ4v) is 4.15. The van der Waals surface area contributed by atoms with E-state index in [0.717, 1.165) is 22.4 Å². The lowest BCUT2D eigenvalue weighted by atomic mass is 9.71. The third-order valence-corrected chi connectivity index (χ3v) is 6.19. The lowest BCUT2D eigenvalue weighted by molar-refractivity contribution is -0.120. The predicted octanol–water partition coefficient (Wildman–Crippen LogP) is 3.60. The predicted molar refractivity (Wildman–Crippen MR) is 120 cm³/mol. The van der Waals surface area contributed by atoms with Crippen molar-refractivity contribution in [2.24, 2.45) is 0 Å². The Hall–Kier alpha value is -4.05. The van der Waals surface area contributed by atoms with E-state index in [-0.39, 0.29) is 17.7 Å². The second-order valence-electron chi connectivity index (χ2n) is 8.20. The molecule has 1 aliphatic rings. The van der Waals surface area contributed by atoms with Crippen LogP contribution >= 0.6 is 0 Å². The average Bonchev–Trinajstić information content (AvgIpc) is 3.07. The van der Waals surface area contributed by atoms with Gasteiger partial charge in [-0.15, -0.1) is 0 Å². The number of aromatic nitrogens is 2. The number of benzene rings is 1. The summed E-state index contributed by atoms with van der Waals surface area (Å²) in [6.07, 6.45) is 1.66. The van der Waals surface area contributed by atoms with Crippen molar-refractivity contribution in [3.8, 4) is 6.07 Å². The van der Waals surface area contributed by atoms with Crippen LogP contribution in [0.5, 0.6) is 0 Å². The molecular weight excluding hydrogens is 402 g/mol. The maximum Gasteiger partial charge on any atom is 0.251 e. The number of carbonyl (C=O) groups is 2. The summed E-state index contributed by atoms with van der Waals surface area (Å²) in [5, 5.41) is 14.8. The molecule has 7 nitrogen and oxygen atoms in total. The number of nitriles is 1. The Morgan fingerprint density at radius 2 is 2.00 bits per heavy atom. The Morgan fingerprint density at radius 3 is 2.72 bits per heavy atom. The van der Waals surface area contributed by atoms with Gasteiger partial charge in [0.15, 0.2) is 0 Å². The van der Waals surface area contributed by atoms with Crippen molar-refractivity contribution in [3.63, 3.8) is 0 Å². The first-order valence-electron chi connectivity index (χ1n) is 10.4. The van der Waals surface area contributed by atoms with Crippen molar-refractivity contribution in [1.82, 2.24) is 15.3 Å². The van der Waals surface area contributed by atoms with E-state index in [9.17, 15) is 9.59 Å². The highest BCUT2D eigenvalue weighted by Crippen LogP contribution is 2.45. The minimum absolute atomic E-state index is 0.0788. The molecular formula is C25H23N5O2. The van der Waals surface area contributed by atoms with E-state index >= 15 is 0 Å². The van der Waals surface area contributed by atoms with E-state index in [1.54, 1.807) is 24.4 Å². The number of fused-ring (bicyclic) bond motifs is 1. The van der Waals surface area contributed by atoms with Gasteiger partial charge in [-0.05, 0) is 61.2 Å². The zero-order chi connectivity index (χ0) is 22.9. The summed E-state index contributed by atoms with van der Waals surface area (Å²) in [5.41, 5.74) is 3.49. The maximum absolute atomic E-state index is 12.8. The van der Waals surface area contributed by atoms with Gasteiger partial charge in [0.1, 0.15) is 17.6 Å². The van der Waals surface area contributed by atoms with E-state index in [0.29, 0.717) is 23.6 Å². The Kier molecular flexibility index (Phi) is 5.45. The van der Waals surface area contributed by atoms with Gasteiger partial charge in [-0.3, -0.25) is 9.59 Å². The monoisotopic (exact) mass is 425 g/mol. The molecule has 2 amide bonds. The van der Waals surface area contributed by atoms with E-state index in [4.69, 9.17) is 5.26 Å². The second kappa shape index (κ2) is 8.23. The standard InChI is InChI=1S/C25H23N5O2/c1-15-11-17(12-20(13-26)29-15)14-28-23(31)19-8-6-18(7-9-19)16(2)25(3)21-5-4-10-27-22(21)30-24(25)32/h4-12,16H,14H2,1-3H3,(H,28,31)(H,27,30,32)/t16?,25-/m1/s1. The van der Waals surface area contributed by atoms with Gasteiger partial charge in [0.05, 0.1) is 5.41 Å². The Balaban J connectivity index is 1.48. The molecule has 160 valence electrons. The molecule has 7 heteroatoms. The highest BCUT2D eigenvalue weighted by molar-refractivity contribution is 6.05. The summed E-state index contributed by atoms with van der Waals surface area (Å²) in [5.74, 6) is 0.199. The van der Waals surface area contributed by atoms with Crippen molar-refractivity contribution in [2.45, 2.75) is 38.6 Å². The van der Waals surface area contributed by atoms with Crippen molar-refractivity contribution < 1.29 is 9.59 Å². The van der Waals surface area contributed by atoms with Crippen LogP contribution in [0.4, 0.5) is 5.82 Å². The van der Waals surface area contributed by atoms with Crippen LogP contribution in [0.15, 0.2) is 54.7 Å². The molecule has 1 aliphatic heterocycles. The molecule has 0 aliphatic carbocycles. The number of nitrogens with zero attached hydrogens (tertiary/aromatic N) is 3. The maximum atomic E-state index is 12.8. The van der Waals surface area contributed by atoms with Crippen LogP contribution in [-0.4, -0.2) is 21.8 Å². The van der Waals surface area contributed by atoms with Crippen molar-refractivity contribution in [3.05, 3.63) is 88.4 Å². The number of carbonyl (C=O) groups excluding carboxylic acids is 2. The average molecular weight is 425 g/mol. The van der Waals surface area contributed by atoms with Crippen LogP contribution in [0.3, 0.4) is 0 Å². The number of hydrogen-bond donors (Lipinski definition) is 2. The zero-order valence-corrected chi connectivity index (χ0v) is 18.1. The van der Waals surface area contributed by atoms with Crippen LogP contribution in [0.1, 0.15) is 58.2 Å². The van der Waals surface area contributed by atoms with E-state index in [1.165, 1.54) is 0 Å². The first-order chi connectivity index (χ1) is 15.3. The molecule has 0 saturated heterocycles. The molecule has 4 rings (SSSR count). The summed E-state index contributed by atoms with van der Waals surface area (Å²) in [6.45, 7) is 6.05. The van der Waals surface area contributed by atoms with E-state index in [1.807, 2.05) is 57.2 Å². The summed E-state index contributed by atoms with van der Waals surface area (Å²) in [4.78, 5) is 33.8. The molecule has 2 atom stereocenters. The minimum atomic E-state index is -0.745. The van der Waals surface area contributed by atoms with Crippen molar-refractivity contribution in [1.29, 1.82) is 5.26 Å². The third kappa shape index (κ3) is 3.71. The number of amides is 2. The second-order valence-corrected chi connectivity index (χ2v) is 8.20. The largest absolute Gasteiger partial charge is 0.348 e. The SMILES string of the molecule is Cc1cc(CNC(=O)c2ccc(C(C)[C@@]3(C)C(=O)Nc4ncccc43)cc2)cc(C#N)n1. The van der Waals surface area contributed by atoms with Gasteiger partial charge in [0.2, 0.25) is 5.91 Å². The van der Waals surface area contributed by atoms with Gasteiger partial charge in [-0.2, -0.15) is 5.26 Å². The molecule has 0 bridgehead atoms. The normalized spacial score (nSPS) is 17.8. The van der Waals surface area contributed by atoms with Gasteiger partial charge in [0.25, 0.3) is 5.91 Å².